The van der Waals surface area contributed by atoms with Gasteiger partial charge >= 0.3 is 0 Å². The zero-order chi connectivity index (χ0) is 32.2. The molecule has 3 saturated heterocycles. The van der Waals surface area contributed by atoms with Gasteiger partial charge in [0.25, 0.3) is 0 Å². The van der Waals surface area contributed by atoms with E-state index in [4.69, 9.17) is 28.4 Å². The number of hydrogen-bond acceptors (Lipinski definition) is 17. The van der Waals surface area contributed by atoms with Crippen LogP contribution in [0.15, 0.2) is 0 Å². The molecule has 3 aliphatic rings. The van der Waals surface area contributed by atoms with Crippen LogP contribution in [0, 0.1) is 0 Å². The Kier molecular flexibility index (Phi) is 13.0. The predicted octanol–water partition coefficient (Wildman–Crippen LogP) is -7.27. The predicted molar refractivity (Wildman–Crippen MR) is 135 cm³/mol. The fourth-order valence-corrected chi connectivity index (χ4v) is 5.06. The van der Waals surface area contributed by atoms with Crippen LogP contribution in [0.4, 0.5) is 0 Å². The molecule has 19 nitrogen and oxygen atoms in total. The molecule has 11 N–H and O–H groups in total. The zero-order valence-corrected chi connectivity index (χ0v) is 23.6. The van der Waals surface area contributed by atoms with Crippen LogP contribution >= 0.6 is 0 Å². The first-order chi connectivity index (χ1) is 20.3. The quantitative estimate of drug-likeness (QED) is 0.101. The molecule has 250 valence electrons. The second kappa shape index (κ2) is 15.6. The first-order valence-corrected chi connectivity index (χ1v) is 13.6. The maximum absolute atomic E-state index is 13.0. The number of rotatable bonds is 11. The lowest BCUT2D eigenvalue weighted by atomic mass is 9.94. The lowest BCUT2D eigenvalue weighted by Crippen LogP contribution is -2.70. The summed E-state index contributed by atoms with van der Waals surface area (Å²) in [6, 6.07) is -2.50. The maximum Gasteiger partial charge on any atom is 0.242 e. The molecule has 43 heavy (non-hydrogen) atoms. The van der Waals surface area contributed by atoms with E-state index in [0.29, 0.717) is 0 Å². The minimum absolute atomic E-state index is 0.524. The number of hydrogen-bond donors (Lipinski definition) is 11. The van der Waals surface area contributed by atoms with Crippen molar-refractivity contribution in [2.75, 3.05) is 26.9 Å². The third-order valence-electron chi connectivity index (χ3n) is 7.46. The maximum atomic E-state index is 13.0. The van der Waals surface area contributed by atoms with Crippen LogP contribution in [0.2, 0.25) is 0 Å². The van der Waals surface area contributed by atoms with E-state index in [1.165, 1.54) is 21.0 Å². The molecule has 2 amide bonds. The van der Waals surface area contributed by atoms with Crippen LogP contribution in [-0.4, -0.2) is 183 Å². The van der Waals surface area contributed by atoms with Crippen molar-refractivity contribution in [2.45, 2.75) is 112 Å². The van der Waals surface area contributed by atoms with Crippen LogP contribution in [0.1, 0.15) is 13.8 Å². The highest BCUT2D eigenvalue weighted by atomic mass is 16.8. The Labute approximate surface area is 245 Å². The number of amides is 2. The molecule has 3 aliphatic heterocycles. The molecule has 0 saturated carbocycles. The standard InChI is InChI=1S/C24H42N2O17/c1-7(25-8(2)30)21(37)26-12-20(43-24-18(36)16(34)14(32)10(5-28)40-24)19(11(6-29)41-22(12)38-3)42-23-17(35)15(33)13(31)9(4-27)39-23/h7,9-20,22-24,27-29,31-36H,4-6H2,1-3H3,(H,25,30)(H,26,37)/t7-,9+,10+,11+,12+,13+,14+,15-,16-,17+,18+,19-,20+,22-,23+,24-/m0/s1. The molecular formula is C24H42N2O17. The zero-order valence-electron chi connectivity index (χ0n) is 23.6. The summed E-state index contributed by atoms with van der Waals surface area (Å²) in [5.41, 5.74) is 0. The van der Waals surface area contributed by atoms with Crippen molar-refractivity contribution in [1.82, 2.24) is 10.6 Å². The molecule has 0 spiro atoms. The first kappa shape index (κ1) is 35.8. The molecule has 0 aromatic carbocycles. The fraction of sp³-hybridized carbons (Fsp3) is 0.917. The second-order valence-electron chi connectivity index (χ2n) is 10.5. The van der Waals surface area contributed by atoms with Gasteiger partial charge in [0.2, 0.25) is 11.8 Å². The number of nitrogens with one attached hydrogen (secondary N) is 2. The van der Waals surface area contributed by atoms with Gasteiger partial charge in [0.15, 0.2) is 18.9 Å². The van der Waals surface area contributed by atoms with Gasteiger partial charge in [0.05, 0.1) is 19.8 Å². The number of ether oxygens (including phenoxy) is 6. The first-order valence-electron chi connectivity index (χ1n) is 13.6. The number of aliphatic hydroxyl groups excluding tert-OH is 9. The van der Waals surface area contributed by atoms with Crippen LogP contribution < -0.4 is 10.6 Å². The summed E-state index contributed by atoms with van der Waals surface area (Å²) >= 11 is 0. The summed E-state index contributed by atoms with van der Waals surface area (Å²) in [5, 5.41) is 96.5. The summed E-state index contributed by atoms with van der Waals surface area (Å²) in [7, 11) is 1.19. The topological polar surface area (TPSA) is 296 Å². The second-order valence-corrected chi connectivity index (χ2v) is 10.5. The molecule has 0 unspecified atom stereocenters. The van der Waals surface area contributed by atoms with Crippen LogP contribution in [-0.2, 0) is 38.0 Å². The summed E-state index contributed by atoms with van der Waals surface area (Å²) in [6.45, 7) is 0.184. The Balaban J connectivity index is 2.01. The van der Waals surface area contributed by atoms with Crippen LogP contribution in [0.5, 0.6) is 0 Å². The van der Waals surface area contributed by atoms with Gasteiger partial charge in [-0.3, -0.25) is 9.59 Å². The smallest absolute Gasteiger partial charge is 0.242 e. The normalized spacial score (nSPS) is 44.4. The summed E-state index contributed by atoms with van der Waals surface area (Å²) in [6.07, 6.45) is -23.3. The van der Waals surface area contributed by atoms with Crippen molar-refractivity contribution < 1.29 is 84.0 Å². The summed E-state index contributed by atoms with van der Waals surface area (Å²) in [4.78, 5) is 24.6. The lowest BCUT2D eigenvalue weighted by Gasteiger charge is -2.50. The third-order valence-corrected chi connectivity index (χ3v) is 7.46. The van der Waals surface area contributed by atoms with E-state index in [9.17, 15) is 55.5 Å². The van der Waals surface area contributed by atoms with Gasteiger partial charge < -0.3 is 85.0 Å². The Morgan fingerprint density at radius 2 is 1.14 bits per heavy atom. The third kappa shape index (κ3) is 7.95. The molecule has 16 atom stereocenters. The average Bonchev–Trinajstić information content (AvgIpc) is 2.98. The van der Waals surface area contributed by atoms with Crippen molar-refractivity contribution in [3.05, 3.63) is 0 Å². The van der Waals surface area contributed by atoms with E-state index in [1.54, 1.807) is 0 Å². The Hall–Kier alpha value is -1.66. The Morgan fingerprint density at radius 3 is 1.56 bits per heavy atom. The SMILES string of the molecule is CO[C@H]1O[C@H](CO)[C@H](O[C@H]2O[C@H](CO)[C@@H](O)[C@H](O)[C@H]2O)[C@H](O[C@@H]2O[C@H](CO)[C@@H](O)[C@H](O)[C@H]2O)[C@H]1NC(=O)[C@H](C)NC(C)=O. The van der Waals surface area contributed by atoms with Crippen molar-refractivity contribution in [3.63, 3.8) is 0 Å². The van der Waals surface area contributed by atoms with Gasteiger partial charge in [0, 0.05) is 14.0 Å². The minimum atomic E-state index is -1.92. The number of carbonyl (C=O) groups is 2. The highest BCUT2D eigenvalue weighted by Crippen LogP contribution is 2.33. The molecular weight excluding hydrogens is 588 g/mol. The van der Waals surface area contributed by atoms with Crippen molar-refractivity contribution in [1.29, 1.82) is 0 Å². The molecule has 0 bridgehead atoms. The molecule has 3 rings (SSSR count). The molecule has 0 radical (unpaired) electrons. The Morgan fingerprint density at radius 1 is 0.698 bits per heavy atom. The van der Waals surface area contributed by atoms with E-state index in [-0.39, 0.29) is 0 Å². The average molecular weight is 631 g/mol. The van der Waals surface area contributed by atoms with E-state index >= 15 is 0 Å². The summed E-state index contributed by atoms with van der Waals surface area (Å²) < 4.78 is 33.9. The molecule has 0 aliphatic carbocycles. The number of methoxy groups -OCH3 is 1. The largest absolute Gasteiger partial charge is 0.394 e. The van der Waals surface area contributed by atoms with Crippen LogP contribution in [0.25, 0.3) is 0 Å². The molecule has 3 fully saturated rings. The lowest BCUT2D eigenvalue weighted by molar-refractivity contribution is -0.373. The van der Waals surface area contributed by atoms with Crippen molar-refractivity contribution >= 4 is 11.8 Å². The fourth-order valence-electron chi connectivity index (χ4n) is 5.06. The van der Waals surface area contributed by atoms with Gasteiger partial charge in [-0.25, -0.2) is 0 Å². The Bertz CT molecular complexity index is 913. The van der Waals surface area contributed by atoms with Crippen LogP contribution in [0.3, 0.4) is 0 Å². The minimum Gasteiger partial charge on any atom is -0.394 e. The molecule has 3 heterocycles. The molecule has 19 heteroatoms. The number of aliphatic hydroxyl groups is 9. The van der Waals surface area contributed by atoms with E-state index in [2.05, 4.69) is 10.6 Å². The van der Waals surface area contributed by atoms with E-state index < -0.39 is 130 Å². The van der Waals surface area contributed by atoms with Crippen molar-refractivity contribution in [3.8, 4) is 0 Å². The van der Waals surface area contributed by atoms with Gasteiger partial charge in [-0.05, 0) is 6.92 Å². The van der Waals surface area contributed by atoms with Gasteiger partial charge in [-0.15, -0.1) is 0 Å². The monoisotopic (exact) mass is 630 g/mol. The van der Waals surface area contributed by atoms with Gasteiger partial charge in [-0.2, -0.15) is 0 Å². The highest BCUT2D eigenvalue weighted by Gasteiger charge is 2.55. The van der Waals surface area contributed by atoms with Gasteiger partial charge in [0.1, 0.15) is 79.2 Å². The number of carbonyl (C=O) groups excluding carboxylic acids is 2. The molecule has 0 aromatic heterocycles. The van der Waals surface area contributed by atoms with E-state index in [0.717, 1.165) is 0 Å². The van der Waals surface area contributed by atoms with E-state index in [1.807, 2.05) is 0 Å². The summed E-state index contributed by atoms with van der Waals surface area (Å²) in [5.74, 6) is -1.30. The van der Waals surface area contributed by atoms with Crippen molar-refractivity contribution in [2.24, 2.45) is 0 Å². The molecule has 0 aromatic rings. The highest BCUT2D eigenvalue weighted by molar-refractivity contribution is 5.86. The van der Waals surface area contributed by atoms with Gasteiger partial charge in [-0.1, -0.05) is 0 Å².